The number of ether oxygens (including phenoxy) is 1. The summed E-state index contributed by atoms with van der Waals surface area (Å²) in [6, 6.07) is 6.06. The van der Waals surface area contributed by atoms with Crippen molar-refractivity contribution in [2.45, 2.75) is 90.4 Å². The van der Waals surface area contributed by atoms with Gasteiger partial charge in [0.25, 0.3) is 0 Å². The molecule has 1 unspecified atom stereocenters. The molecule has 4 nitrogen and oxygen atoms in total. The maximum atomic E-state index is 11.7. The molecule has 0 radical (unpaired) electrons. The third-order valence-electron chi connectivity index (χ3n) is 4.38. The minimum atomic E-state index is -4.23. The van der Waals surface area contributed by atoms with Crippen LogP contribution >= 0.6 is 0 Å². The molecule has 0 fully saturated rings. The van der Waals surface area contributed by atoms with E-state index >= 15 is 0 Å². The summed E-state index contributed by atoms with van der Waals surface area (Å²) in [6.45, 7) is 6.21. The zero-order valence-electron chi connectivity index (χ0n) is 16.0. The van der Waals surface area contributed by atoms with Crippen LogP contribution in [0.1, 0.15) is 83.3 Å². The van der Waals surface area contributed by atoms with Gasteiger partial charge >= 0.3 is 10.1 Å². The maximum absolute atomic E-state index is 11.7. The van der Waals surface area contributed by atoms with E-state index in [1.807, 2.05) is 25.1 Å². The molecule has 0 aromatic heterocycles. The summed E-state index contributed by atoms with van der Waals surface area (Å²) in [7, 11) is -4.23. The minimum absolute atomic E-state index is 0.288. The minimum Gasteiger partial charge on any atom is -0.471 e. The van der Waals surface area contributed by atoms with Gasteiger partial charge in [0, 0.05) is 6.42 Å². The Kier molecular flexibility index (Phi) is 10.1. The molecule has 5 heteroatoms. The Bertz CT molecular complexity index is 567. The zero-order chi connectivity index (χ0) is 18.7. The van der Waals surface area contributed by atoms with Gasteiger partial charge in [0.1, 0.15) is 5.75 Å². The number of hydrogen-bond donors (Lipinski definition) is 1. The Hall–Kier alpha value is -1.07. The molecule has 144 valence electrons. The van der Waals surface area contributed by atoms with Crippen molar-refractivity contribution < 1.29 is 17.7 Å². The van der Waals surface area contributed by atoms with E-state index in [-0.39, 0.29) is 6.42 Å². The molecule has 0 bridgehead atoms. The lowest BCUT2D eigenvalue weighted by Crippen LogP contribution is -2.27. The van der Waals surface area contributed by atoms with Gasteiger partial charge in [-0.25, -0.2) is 0 Å². The second-order valence-corrected chi connectivity index (χ2v) is 8.23. The van der Waals surface area contributed by atoms with Crippen LogP contribution in [0.25, 0.3) is 0 Å². The zero-order valence-corrected chi connectivity index (χ0v) is 16.8. The fraction of sp³-hybridized carbons (Fsp3) is 0.700. The Labute approximate surface area is 153 Å². The summed E-state index contributed by atoms with van der Waals surface area (Å²) in [5.41, 5.74) is 0.911. The van der Waals surface area contributed by atoms with Crippen LogP contribution in [0.3, 0.4) is 0 Å². The van der Waals surface area contributed by atoms with Gasteiger partial charge < -0.3 is 4.74 Å². The molecule has 0 saturated carbocycles. The van der Waals surface area contributed by atoms with Crippen LogP contribution in [-0.2, 0) is 23.0 Å². The molecule has 1 aromatic rings. The van der Waals surface area contributed by atoms with Gasteiger partial charge in [0.2, 0.25) is 5.44 Å². The lowest BCUT2D eigenvalue weighted by atomic mass is 9.99. The van der Waals surface area contributed by atoms with Crippen molar-refractivity contribution in [3.05, 3.63) is 29.3 Å². The molecule has 1 aromatic carbocycles. The van der Waals surface area contributed by atoms with Crippen molar-refractivity contribution in [2.75, 3.05) is 0 Å². The molecule has 1 atom stereocenters. The molecule has 0 spiro atoms. The predicted molar refractivity (Wildman–Crippen MR) is 104 cm³/mol. The molecule has 1 N–H and O–H groups in total. The van der Waals surface area contributed by atoms with Crippen molar-refractivity contribution in [1.29, 1.82) is 0 Å². The van der Waals surface area contributed by atoms with E-state index in [0.29, 0.717) is 12.2 Å². The Morgan fingerprint density at radius 2 is 1.44 bits per heavy atom. The fourth-order valence-corrected chi connectivity index (χ4v) is 3.70. The first-order chi connectivity index (χ1) is 11.9. The first-order valence-electron chi connectivity index (χ1n) is 9.67. The molecular weight excluding hydrogens is 336 g/mol. The first kappa shape index (κ1) is 22.0. The number of hydrogen-bond acceptors (Lipinski definition) is 3. The van der Waals surface area contributed by atoms with Gasteiger partial charge in [-0.05, 0) is 36.8 Å². The highest BCUT2D eigenvalue weighted by atomic mass is 32.2. The van der Waals surface area contributed by atoms with Crippen LogP contribution in [0.5, 0.6) is 5.75 Å². The summed E-state index contributed by atoms with van der Waals surface area (Å²) in [4.78, 5) is 0. The van der Waals surface area contributed by atoms with Gasteiger partial charge in [0.05, 0.1) is 0 Å². The molecule has 1 rings (SSSR count). The highest BCUT2D eigenvalue weighted by Gasteiger charge is 2.26. The largest absolute Gasteiger partial charge is 0.471 e. The van der Waals surface area contributed by atoms with Crippen molar-refractivity contribution >= 4 is 10.1 Å². The lowest BCUT2D eigenvalue weighted by Gasteiger charge is -2.21. The van der Waals surface area contributed by atoms with Crippen LogP contribution in [0, 0.1) is 0 Å². The lowest BCUT2D eigenvalue weighted by molar-refractivity contribution is 0.241. The second kappa shape index (κ2) is 11.5. The average molecular weight is 371 g/mol. The standard InChI is InChI=1S/C20H34O4S/c1-4-7-9-13-17-15-11-16-18(14-10-8-5-2)20(17)24-19(12-6-3)25(21,22)23/h11,15-16,19H,4-10,12-14H2,1-3H3,(H,21,22,23). The van der Waals surface area contributed by atoms with E-state index in [1.54, 1.807) is 0 Å². The number of unbranched alkanes of at least 4 members (excludes halogenated alkanes) is 4. The van der Waals surface area contributed by atoms with E-state index in [4.69, 9.17) is 4.74 Å². The normalized spacial score (nSPS) is 13.0. The quantitative estimate of drug-likeness (QED) is 0.365. The van der Waals surface area contributed by atoms with Crippen molar-refractivity contribution in [3.63, 3.8) is 0 Å². The molecule has 0 amide bonds. The van der Waals surface area contributed by atoms with E-state index in [2.05, 4.69) is 13.8 Å². The van der Waals surface area contributed by atoms with Crippen LogP contribution < -0.4 is 4.74 Å². The van der Waals surface area contributed by atoms with Crippen LogP contribution in [0.15, 0.2) is 18.2 Å². The third-order valence-corrected chi connectivity index (χ3v) is 5.38. The molecule has 25 heavy (non-hydrogen) atoms. The summed E-state index contributed by atoms with van der Waals surface area (Å²) < 4.78 is 38.8. The Morgan fingerprint density at radius 3 is 1.84 bits per heavy atom. The molecule has 0 aliphatic carbocycles. The number of para-hydroxylation sites is 1. The summed E-state index contributed by atoms with van der Waals surface area (Å²) in [5.74, 6) is 0.672. The summed E-state index contributed by atoms with van der Waals surface area (Å²) >= 11 is 0. The van der Waals surface area contributed by atoms with E-state index in [0.717, 1.165) is 62.5 Å². The molecule has 0 saturated heterocycles. The van der Waals surface area contributed by atoms with Gasteiger partial charge in [0.15, 0.2) is 0 Å². The smallest absolute Gasteiger partial charge is 0.303 e. The topological polar surface area (TPSA) is 63.6 Å². The van der Waals surface area contributed by atoms with Crippen LogP contribution in [-0.4, -0.2) is 18.4 Å². The maximum Gasteiger partial charge on any atom is 0.303 e. The van der Waals surface area contributed by atoms with Gasteiger partial charge in [-0.2, -0.15) is 8.42 Å². The van der Waals surface area contributed by atoms with Gasteiger partial charge in [-0.3, -0.25) is 4.55 Å². The first-order valence-corrected chi connectivity index (χ1v) is 11.2. The second-order valence-electron chi connectivity index (χ2n) is 6.67. The van der Waals surface area contributed by atoms with Gasteiger partial charge in [-0.1, -0.05) is 71.1 Å². The number of rotatable bonds is 13. The fourth-order valence-electron chi connectivity index (χ4n) is 2.95. The van der Waals surface area contributed by atoms with E-state index in [1.165, 1.54) is 0 Å². The van der Waals surface area contributed by atoms with Crippen molar-refractivity contribution in [1.82, 2.24) is 0 Å². The van der Waals surface area contributed by atoms with Crippen LogP contribution in [0.4, 0.5) is 0 Å². The molecule has 0 heterocycles. The highest BCUT2D eigenvalue weighted by molar-refractivity contribution is 7.86. The average Bonchev–Trinajstić information content (AvgIpc) is 2.56. The van der Waals surface area contributed by atoms with Gasteiger partial charge in [-0.15, -0.1) is 0 Å². The number of aryl methyl sites for hydroxylation is 2. The Balaban J connectivity index is 3.10. The third kappa shape index (κ3) is 7.78. The number of benzene rings is 1. The molecule has 0 aliphatic rings. The van der Waals surface area contributed by atoms with E-state index in [9.17, 15) is 13.0 Å². The summed E-state index contributed by atoms with van der Waals surface area (Å²) in [5, 5.41) is 0. The highest BCUT2D eigenvalue weighted by Crippen LogP contribution is 2.30. The predicted octanol–water partition coefficient (Wildman–Crippen LogP) is 5.54. The monoisotopic (exact) mass is 370 g/mol. The molecule has 0 aliphatic heterocycles. The SMILES string of the molecule is CCCCCc1cccc(CCCCC)c1OC(CCC)S(=O)(=O)O. The van der Waals surface area contributed by atoms with E-state index < -0.39 is 15.6 Å². The molecular formula is C20H34O4S. The Morgan fingerprint density at radius 1 is 0.920 bits per heavy atom. The summed E-state index contributed by atoms with van der Waals surface area (Å²) in [6.07, 6.45) is 9.30. The van der Waals surface area contributed by atoms with Crippen LogP contribution in [0.2, 0.25) is 0 Å². The van der Waals surface area contributed by atoms with Crippen molar-refractivity contribution in [2.24, 2.45) is 0 Å². The van der Waals surface area contributed by atoms with Crippen molar-refractivity contribution in [3.8, 4) is 5.75 Å².